The highest BCUT2D eigenvalue weighted by molar-refractivity contribution is 5.85. The lowest BCUT2D eigenvalue weighted by Crippen LogP contribution is -2.21. The van der Waals surface area contributed by atoms with Crippen LogP contribution in [0.3, 0.4) is 0 Å². The van der Waals surface area contributed by atoms with Gasteiger partial charge < -0.3 is 4.74 Å². The van der Waals surface area contributed by atoms with E-state index in [0.717, 1.165) is 36.1 Å². The second-order valence-corrected chi connectivity index (χ2v) is 5.51. The zero-order chi connectivity index (χ0) is 14.4. The molecule has 20 heavy (non-hydrogen) atoms. The largest absolute Gasteiger partial charge is 0.442 e. The average molecular weight is 273 g/mol. The van der Waals surface area contributed by atoms with Gasteiger partial charge in [-0.05, 0) is 68.9 Å². The number of anilines is 1. The molecule has 0 bridgehead atoms. The van der Waals surface area contributed by atoms with E-state index in [-0.39, 0.29) is 12.2 Å². The van der Waals surface area contributed by atoms with Crippen molar-refractivity contribution in [2.45, 2.75) is 52.1 Å². The molecule has 1 aromatic carbocycles. The third-order valence-electron chi connectivity index (χ3n) is 3.44. The van der Waals surface area contributed by atoms with E-state index in [0.29, 0.717) is 0 Å². The summed E-state index contributed by atoms with van der Waals surface area (Å²) in [6, 6.07) is 5.97. The van der Waals surface area contributed by atoms with E-state index in [1.165, 1.54) is 12.8 Å². The average Bonchev–Trinajstić information content (AvgIpc) is 2.31. The Morgan fingerprint density at radius 2 is 1.90 bits per heavy atom. The molecule has 0 aromatic heterocycles. The van der Waals surface area contributed by atoms with Crippen LogP contribution in [0.5, 0.6) is 0 Å². The van der Waals surface area contributed by atoms with Gasteiger partial charge in [-0.25, -0.2) is 4.79 Å². The summed E-state index contributed by atoms with van der Waals surface area (Å²) in [5.74, 6) is 0. The van der Waals surface area contributed by atoms with Gasteiger partial charge in [-0.1, -0.05) is 18.6 Å². The Morgan fingerprint density at radius 3 is 2.65 bits per heavy atom. The lowest BCUT2D eigenvalue weighted by Gasteiger charge is -2.17. The summed E-state index contributed by atoms with van der Waals surface area (Å²) in [5, 5.41) is 2.81. The molecular weight excluding hydrogens is 250 g/mol. The number of nitrogens with one attached hydrogen (secondary N) is 1. The Labute approximate surface area is 121 Å². The van der Waals surface area contributed by atoms with Crippen LogP contribution in [0.15, 0.2) is 30.4 Å². The van der Waals surface area contributed by atoms with Gasteiger partial charge in [0.05, 0.1) is 0 Å². The number of aryl methyl sites for hydroxylation is 2. The Bertz CT molecular complexity index is 474. The molecule has 108 valence electrons. The maximum atomic E-state index is 11.9. The van der Waals surface area contributed by atoms with Crippen LogP contribution in [0.25, 0.3) is 0 Å². The van der Waals surface area contributed by atoms with Crippen LogP contribution in [0.2, 0.25) is 0 Å². The van der Waals surface area contributed by atoms with Crippen molar-refractivity contribution in [3.05, 3.63) is 41.5 Å². The third-order valence-corrected chi connectivity index (χ3v) is 3.44. The molecule has 1 aliphatic carbocycles. The van der Waals surface area contributed by atoms with Crippen LogP contribution in [0.1, 0.15) is 43.2 Å². The molecule has 1 aromatic rings. The van der Waals surface area contributed by atoms with Crippen molar-refractivity contribution in [2.75, 3.05) is 5.32 Å². The van der Waals surface area contributed by atoms with Gasteiger partial charge in [0.2, 0.25) is 0 Å². The van der Waals surface area contributed by atoms with Gasteiger partial charge in [0.1, 0.15) is 6.10 Å². The zero-order valence-electron chi connectivity index (χ0n) is 12.3. The number of carbonyl (C=O) groups excluding carboxylic acids is 1. The molecule has 0 saturated carbocycles. The van der Waals surface area contributed by atoms with Crippen molar-refractivity contribution in [1.29, 1.82) is 0 Å². The number of amides is 1. The van der Waals surface area contributed by atoms with Crippen molar-refractivity contribution in [2.24, 2.45) is 0 Å². The van der Waals surface area contributed by atoms with E-state index in [1.54, 1.807) is 0 Å². The summed E-state index contributed by atoms with van der Waals surface area (Å²) in [5.41, 5.74) is 3.06. The fourth-order valence-electron chi connectivity index (χ4n) is 2.56. The number of rotatable bonds is 2. The summed E-state index contributed by atoms with van der Waals surface area (Å²) in [6.07, 6.45) is 9.22. The van der Waals surface area contributed by atoms with E-state index in [9.17, 15) is 4.79 Å². The van der Waals surface area contributed by atoms with Crippen molar-refractivity contribution < 1.29 is 9.53 Å². The molecule has 3 nitrogen and oxygen atoms in total. The molecule has 1 amide bonds. The monoisotopic (exact) mass is 273 g/mol. The summed E-state index contributed by atoms with van der Waals surface area (Å²) in [7, 11) is 0. The van der Waals surface area contributed by atoms with Crippen LogP contribution in [-0.4, -0.2) is 12.2 Å². The van der Waals surface area contributed by atoms with E-state index < -0.39 is 0 Å². The predicted molar refractivity (Wildman–Crippen MR) is 82.0 cm³/mol. The molecule has 0 heterocycles. The molecule has 2 rings (SSSR count). The summed E-state index contributed by atoms with van der Waals surface area (Å²) >= 11 is 0. The van der Waals surface area contributed by atoms with Gasteiger partial charge in [-0.15, -0.1) is 0 Å². The van der Waals surface area contributed by atoms with Gasteiger partial charge in [0.15, 0.2) is 0 Å². The minimum absolute atomic E-state index is 0.0961. The molecule has 0 spiro atoms. The van der Waals surface area contributed by atoms with Gasteiger partial charge in [-0.3, -0.25) is 5.32 Å². The Morgan fingerprint density at radius 1 is 1.15 bits per heavy atom. The number of hydrogen-bond acceptors (Lipinski definition) is 2. The molecule has 0 aliphatic heterocycles. The smallest absolute Gasteiger partial charge is 0.412 e. The fourth-order valence-corrected chi connectivity index (χ4v) is 2.56. The number of benzene rings is 1. The second kappa shape index (κ2) is 7.13. The number of hydrogen-bond donors (Lipinski definition) is 1. The van der Waals surface area contributed by atoms with E-state index in [1.807, 2.05) is 32.1 Å². The van der Waals surface area contributed by atoms with E-state index in [2.05, 4.69) is 17.5 Å². The number of carbonyl (C=O) groups is 1. The Hall–Kier alpha value is -1.77. The highest BCUT2D eigenvalue weighted by Gasteiger charge is 2.12. The van der Waals surface area contributed by atoms with Crippen molar-refractivity contribution in [3.63, 3.8) is 0 Å². The fraction of sp³-hybridized carbons (Fsp3) is 0.471. The molecule has 0 fully saturated rings. The van der Waals surface area contributed by atoms with Crippen molar-refractivity contribution in [3.8, 4) is 0 Å². The Balaban J connectivity index is 1.92. The first-order chi connectivity index (χ1) is 9.63. The van der Waals surface area contributed by atoms with Crippen LogP contribution in [0, 0.1) is 13.8 Å². The van der Waals surface area contributed by atoms with Crippen molar-refractivity contribution in [1.82, 2.24) is 0 Å². The molecule has 1 N–H and O–H groups in total. The maximum Gasteiger partial charge on any atom is 0.412 e. The standard InChI is InChI=1S/C17H23NO2/c1-13-10-14(2)12-15(11-13)18-17(19)20-16-8-6-4-3-5-7-9-16/h6,8,10-12,16H,3-5,7,9H2,1-2H3,(H,18,19)/b8-6-. The normalized spacial score (nSPS) is 20.6. The lowest BCUT2D eigenvalue weighted by atomic mass is 10.0. The SMILES string of the molecule is Cc1cc(C)cc(NC(=O)OC2/C=C\CCCCC2)c1. The lowest BCUT2D eigenvalue weighted by molar-refractivity contribution is 0.127. The molecule has 1 atom stereocenters. The molecule has 0 radical (unpaired) electrons. The quantitative estimate of drug-likeness (QED) is 0.790. The van der Waals surface area contributed by atoms with Gasteiger partial charge in [0.25, 0.3) is 0 Å². The molecule has 1 aliphatic rings. The van der Waals surface area contributed by atoms with Crippen LogP contribution < -0.4 is 5.32 Å². The van der Waals surface area contributed by atoms with Crippen molar-refractivity contribution >= 4 is 11.8 Å². The minimum atomic E-state index is -0.370. The maximum absolute atomic E-state index is 11.9. The second-order valence-electron chi connectivity index (χ2n) is 5.51. The summed E-state index contributed by atoms with van der Waals surface area (Å²) in [6.45, 7) is 4.03. The van der Waals surface area contributed by atoms with E-state index >= 15 is 0 Å². The summed E-state index contributed by atoms with van der Waals surface area (Å²) < 4.78 is 5.47. The molecule has 1 unspecified atom stereocenters. The predicted octanol–water partition coefficient (Wildman–Crippen LogP) is 4.74. The number of ether oxygens (including phenoxy) is 1. The van der Waals surface area contributed by atoms with Crippen LogP contribution >= 0.6 is 0 Å². The van der Waals surface area contributed by atoms with E-state index in [4.69, 9.17) is 4.74 Å². The zero-order valence-corrected chi connectivity index (χ0v) is 12.3. The first-order valence-corrected chi connectivity index (χ1v) is 7.36. The molecular formula is C17H23NO2. The first-order valence-electron chi connectivity index (χ1n) is 7.36. The van der Waals surface area contributed by atoms with Crippen LogP contribution in [0.4, 0.5) is 10.5 Å². The van der Waals surface area contributed by atoms with Gasteiger partial charge in [0, 0.05) is 5.69 Å². The van der Waals surface area contributed by atoms with Gasteiger partial charge >= 0.3 is 6.09 Å². The van der Waals surface area contributed by atoms with Gasteiger partial charge in [-0.2, -0.15) is 0 Å². The minimum Gasteiger partial charge on any atom is -0.442 e. The third kappa shape index (κ3) is 4.72. The topological polar surface area (TPSA) is 38.3 Å². The first kappa shape index (κ1) is 14.6. The highest BCUT2D eigenvalue weighted by Crippen LogP contribution is 2.17. The number of allylic oxidation sites excluding steroid dienone is 1. The Kier molecular flexibility index (Phi) is 5.22. The van der Waals surface area contributed by atoms with Crippen LogP contribution in [-0.2, 0) is 4.74 Å². The highest BCUT2D eigenvalue weighted by atomic mass is 16.6. The molecule has 0 saturated heterocycles. The summed E-state index contributed by atoms with van der Waals surface area (Å²) in [4.78, 5) is 11.9. The molecule has 3 heteroatoms.